The van der Waals surface area contributed by atoms with Gasteiger partial charge in [0.1, 0.15) is 0 Å². The number of carbonyl (C=O) groups excluding carboxylic acids is 3. The van der Waals surface area contributed by atoms with Crippen LogP contribution in [0, 0.1) is 0 Å². The van der Waals surface area contributed by atoms with E-state index < -0.39 is 0 Å². The smallest absolute Gasteiger partial charge is 0.261 e. The molecule has 0 saturated carbocycles. The number of piperazine rings is 1. The minimum atomic E-state index is -0.349. The lowest BCUT2D eigenvalue weighted by molar-refractivity contribution is 0.0654. The molecule has 0 aliphatic carbocycles. The summed E-state index contributed by atoms with van der Waals surface area (Å²) in [4.78, 5) is 39.3. The number of halogens is 1. The molecule has 0 bridgehead atoms. The zero-order valence-electron chi connectivity index (χ0n) is 12.5. The summed E-state index contributed by atoms with van der Waals surface area (Å²) in [7, 11) is 1.45. The zero-order chi connectivity index (χ0) is 15.1. The van der Waals surface area contributed by atoms with Crippen LogP contribution < -0.4 is 5.32 Å². The predicted octanol–water partition coefficient (Wildman–Crippen LogP) is 0.768. The van der Waals surface area contributed by atoms with E-state index in [0.717, 1.165) is 18.0 Å². The van der Waals surface area contributed by atoms with Gasteiger partial charge in [-0.05, 0) is 25.1 Å². The first-order valence-corrected chi connectivity index (χ1v) is 6.99. The second-order valence-corrected chi connectivity index (χ2v) is 5.48. The molecule has 0 unspecified atom stereocenters. The highest BCUT2D eigenvalue weighted by atomic mass is 35.5. The fourth-order valence-electron chi connectivity index (χ4n) is 2.80. The highest BCUT2D eigenvalue weighted by Gasteiger charge is 2.34. The van der Waals surface area contributed by atoms with E-state index in [4.69, 9.17) is 0 Å². The van der Waals surface area contributed by atoms with Gasteiger partial charge in [0.05, 0.1) is 11.1 Å². The average Bonchev–Trinajstić information content (AvgIpc) is 2.71. The molecule has 118 valence electrons. The van der Waals surface area contributed by atoms with E-state index in [1.54, 1.807) is 17.0 Å². The Kier molecular flexibility index (Phi) is 4.53. The first-order chi connectivity index (χ1) is 10.0. The van der Waals surface area contributed by atoms with Crippen molar-refractivity contribution in [3.63, 3.8) is 0 Å². The molecular formula is C15H18ClN3O3. The molecule has 1 N–H and O–H groups in total. The first-order valence-electron chi connectivity index (χ1n) is 6.99. The molecule has 0 spiro atoms. The largest absolute Gasteiger partial charge is 0.333 e. The summed E-state index contributed by atoms with van der Waals surface area (Å²) >= 11 is 0. The molecule has 1 fully saturated rings. The highest BCUT2D eigenvalue weighted by molar-refractivity contribution is 6.21. The number of nitrogens with one attached hydrogen (secondary N) is 1. The summed E-state index contributed by atoms with van der Waals surface area (Å²) in [5.74, 6) is -0.760. The van der Waals surface area contributed by atoms with Gasteiger partial charge >= 0.3 is 0 Å². The zero-order valence-corrected chi connectivity index (χ0v) is 13.3. The molecule has 2 aliphatic rings. The number of amides is 3. The molecule has 1 aromatic carbocycles. The Morgan fingerprint density at radius 2 is 1.91 bits per heavy atom. The Labute approximate surface area is 134 Å². The highest BCUT2D eigenvalue weighted by Crippen LogP contribution is 2.23. The van der Waals surface area contributed by atoms with Crippen molar-refractivity contribution in [2.75, 3.05) is 26.7 Å². The molecule has 1 atom stereocenters. The Morgan fingerprint density at radius 1 is 1.23 bits per heavy atom. The number of rotatable bonds is 1. The first kappa shape index (κ1) is 16.5. The lowest BCUT2D eigenvalue weighted by Crippen LogP contribution is -2.52. The van der Waals surface area contributed by atoms with Gasteiger partial charge in [-0.15, -0.1) is 12.4 Å². The standard InChI is InChI=1S/C15H17N3O3.ClH/c1-9-8-16-5-6-18(9)13(19)10-3-4-11-12(7-10)15(21)17(2)14(11)20;/h3-4,7,9,16H,5-6,8H2,1-2H3;1H/t9-;/m0./s1. The molecule has 22 heavy (non-hydrogen) atoms. The number of carbonyl (C=O) groups is 3. The van der Waals surface area contributed by atoms with Crippen LogP contribution in [-0.4, -0.2) is 60.2 Å². The fourth-order valence-corrected chi connectivity index (χ4v) is 2.80. The molecule has 0 aromatic heterocycles. The van der Waals surface area contributed by atoms with Gasteiger partial charge in [-0.2, -0.15) is 0 Å². The van der Waals surface area contributed by atoms with Crippen molar-refractivity contribution in [1.29, 1.82) is 0 Å². The Balaban J connectivity index is 0.00000176. The number of fused-ring (bicyclic) bond motifs is 1. The van der Waals surface area contributed by atoms with Gasteiger partial charge in [-0.3, -0.25) is 19.3 Å². The third-order valence-corrected chi connectivity index (χ3v) is 4.10. The van der Waals surface area contributed by atoms with Crippen molar-refractivity contribution >= 4 is 30.1 Å². The molecule has 0 radical (unpaired) electrons. The molecular weight excluding hydrogens is 306 g/mol. The van der Waals surface area contributed by atoms with Crippen LogP contribution >= 0.6 is 12.4 Å². The molecule has 1 saturated heterocycles. The van der Waals surface area contributed by atoms with Gasteiger partial charge in [0, 0.05) is 38.3 Å². The van der Waals surface area contributed by atoms with Gasteiger partial charge in [0.2, 0.25) is 0 Å². The second-order valence-electron chi connectivity index (χ2n) is 5.48. The van der Waals surface area contributed by atoms with E-state index in [9.17, 15) is 14.4 Å². The molecule has 2 heterocycles. The number of nitrogens with zero attached hydrogens (tertiary/aromatic N) is 2. The van der Waals surface area contributed by atoms with E-state index in [-0.39, 0.29) is 36.2 Å². The number of imide groups is 1. The van der Waals surface area contributed by atoms with Crippen molar-refractivity contribution in [2.45, 2.75) is 13.0 Å². The lowest BCUT2D eigenvalue weighted by Gasteiger charge is -2.34. The monoisotopic (exact) mass is 323 g/mol. The van der Waals surface area contributed by atoms with E-state index >= 15 is 0 Å². The van der Waals surface area contributed by atoms with Crippen LogP contribution in [0.3, 0.4) is 0 Å². The summed E-state index contributed by atoms with van der Waals surface area (Å²) in [5.41, 5.74) is 1.14. The lowest BCUT2D eigenvalue weighted by atomic mass is 10.0. The third kappa shape index (κ3) is 2.48. The van der Waals surface area contributed by atoms with Gasteiger partial charge in [-0.1, -0.05) is 0 Å². The van der Waals surface area contributed by atoms with Crippen molar-refractivity contribution in [2.24, 2.45) is 0 Å². The van der Waals surface area contributed by atoms with E-state index in [0.29, 0.717) is 23.2 Å². The van der Waals surface area contributed by atoms with Crippen LogP contribution in [-0.2, 0) is 0 Å². The van der Waals surface area contributed by atoms with Crippen LogP contribution in [0.4, 0.5) is 0 Å². The maximum atomic E-state index is 12.6. The van der Waals surface area contributed by atoms with E-state index in [1.165, 1.54) is 13.1 Å². The van der Waals surface area contributed by atoms with Crippen LogP contribution in [0.25, 0.3) is 0 Å². The molecule has 2 aliphatic heterocycles. The minimum Gasteiger partial charge on any atom is -0.333 e. The SMILES string of the molecule is C[C@H]1CNCCN1C(=O)c1ccc2c(c1)C(=O)N(C)C2=O.Cl. The summed E-state index contributed by atoms with van der Waals surface area (Å²) in [6.45, 7) is 4.15. The molecule has 6 nitrogen and oxygen atoms in total. The average molecular weight is 324 g/mol. The van der Waals surface area contributed by atoms with Crippen LogP contribution in [0.2, 0.25) is 0 Å². The maximum Gasteiger partial charge on any atom is 0.261 e. The van der Waals surface area contributed by atoms with E-state index in [2.05, 4.69) is 5.32 Å². The number of hydrogen-bond donors (Lipinski definition) is 1. The van der Waals surface area contributed by atoms with E-state index in [1.807, 2.05) is 6.92 Å². The van der Waals surface area contributed by atoms with Crippen molar-refractivity contribution in [3.05, 3.63) is 34.9 Å². The minimum absolute atomic E-state index is 0. The van der Waals surface area contributed by atoms with Crippen LogP contribution in [0.15, 0.2) is 18.2 Å². The van der Waals surface area contributed by atoms with Gasteiger partial charge in [0.15, 0.2) is 0 Å². The third-order valence-electron chi connectivity index (χ3n) is 4.10. The molecule has 3 amide bonds. The van der Waals surface area contributed by atoms with Gasteiger partial charge in [-0.25, -0.2) is 0 Å². The summed E-state index contributed by atoms with van der Waals surface area (Å²) < 4.78 is 0. The maximum absolute atomic E-state index is 12.6. The van der Waals surface area contributed by atoms with Crippen LogP contribution in [0.5, 0.6) is 0 Å². The number of hydrogen-bond acceptors (Lipinski definition) is 4. The Bertz CT molecular complexity index is 647. The second kappa shape index (κ2) is 6.06. The van der Waals surface area contributed by atoms with Crippen molar-refractivity contribution in [1.82, 2.24) is 15.1 Å². The quantitative estimate of drug-likeness (QED) is 0.775. The summed E-state index contributed by atoms with van der Waals surface area (Å²) in [6.07, 6.45) is 0. The summed E-state index contributed by atoms with van der Waals surface area (Å²) in [6, 6.07) is 4.84. The summed E-state index contributed by atoms with van der Waals surface area (Å²) in [5, 5.41) is 3.23. The van der Waals surface area contributed by atoms with Crippen LogP contribution in [0.1, 0.15) is 38.0 Å². The van der Waals surface area contributed by atoms with Gasteiger partial charge in [0.25, 0.3) is 17.7 Å². The van der Waals surface area contributed by atoms with Crippen molar-refractivity contribution < 1.29 is 14.4 Å². The van der Waals surface area contributed by atoms with Gasteiger partial charge < -0.3 is 10.2 Å². The predicted molar refractivity (Wildman–Crippen MR) is 83.5 cm³/mol. The fraction of sp³-hybridized carbons (Fsp3) is 0.400. The normalized spacial score (nSPS) is 20.7. The topological polar surface area (TPSA) is 69.7 Å². The molecule has 1 aromatic rings. The van der Waals surface area contributed by atoms with Crippen molar-refractivity contribution in [3.8, 4) is 0 Å². The molecule has 3 rings (SSSR count). The number of benzene rings is 1. The Hall–Kier alpha value is -1.92. The molecule has 7 heteroatoms. The Morgan fingerprint density at radius 3 is 2.59 bits per heavy atom.